The molecule has 0 saturated heterocycles. The predicted molar refractivity (Wildman–Crippen MR) is 69.4 cm³/mol. The number of hydrogen-bond acceptors (Lipinski definition) is 6. The summed E-state index contributed by atoms with van der Waals surface area (Å²) in [6.45, 7) is 1.03. The maximum absolute atomic E-state index is 11.6. The van der Waals surface area contributed by atoms with Crippen LogP contribution in [0.15, 0.2) is 0 Å². The van der Waals surface area contributed by atoms with Crippen LogP contribution in [0, 0.1) is 5.41 Å². The Morgan fingerprint density at radius 2 is 1.26 bits per heavy atom. The van der Waals surface area contributed by atoms with Gasteiger partial charge in [-0.2, -0.15) is 0 Å². The molecule has 0 heterocycles. The van der Waals surface area contributed by atoms with E-state index in [0.717, 1.165) is 19.4 Å². The predicted octanol–water partition coefficient (Wildman–Crippen LogP) is -0.484. The molecule has 0 bridgehead atoms. The molecule has 0 aliphatic rings. The molecule has 0 aromatic rings. The Bertz CT molecular complexity index is 505. The number of ketones is 1. The summed E-state index contributed by atoms with van der Waals surface area (Å²) in [6, 6.07) is 0. The fraction of sp³-hybridized carbons (Fsp3) is 0.800. The standard InChI is InChI=1S/C10H18O7S2/c1-8(11)10(9(12)13,4-6-18(2,14)15)5-7-19(3,16)17/h4-7H2,1-3H3,(H,12,13). The molecular weight excluding hydrogens is 296 g/mol. The fourth-order valence-electron chi connectivity index (χ4n) is 1.56. The highest BCUT2D eigenvalue weighted by Gasteiger charge is 2.44. The Balaban J connectivity index is 5.33. The number of aliphatic carboxylic acids is 1. The normalized spacial score (nSPS) is 13.2. The van der Waals surface area contributed by atoms with Crippen LogP contribution in [0.25, 0.3) is 0 Å². The third kappa shape index (κ3) is 6.15. The zero-order valence-electron chi connectivity index (χ0n) is 11.0. The van der Waals surface area contributed by atoms with E-state index in [4.69, 9.17) is 0 Å². The van der Waals surface area contributed by atoms with E-state index in [1.165, 1.54) is 0 Å². The monoisotopic (exact) mass is 314 g/mol. The zero-order chi connectivity index (χ0) is 15.5. The molecule has 0 amide bonds. The number of carbonyl (C=O) groups is 2. The fourth-order valence-corrected chi connectivity index (χ4v) is 3.00. The van der Waals surface area contributed by atoms with Gasteiger partial charge in [0, 0.05) is 12.5 Å². The van der Waals surface area contributed by atoms with Gasteiger partial charge in [-0.05, 0) is 19.8 Å². The first-order valence-corrected chi connectivity index (χ1v) is 9.52. The van der Waals surface area contributed by atoms with Gasteiger partial charge in [0.05, 0.1) is 11.5 Å². The Morgan fingerprint density at radius 1 is 0.947 bits per heavy atom. The lowest BCUT2D eigenvalue weighted by Gasteiger charge is -2.26. The molecule has 0 saturated carbocycles. The lowest BCUT2D eigenvalue weighted by molar-refractivity contribution is -0.154. The molecule has 0 unspecified atom stereocenters. The second-order valence-electron chi connectivity index (χ2n) is 4.70. The number of carbonyl (C=O) groups excluding carboxylic acids is 1. The molecule has 0 aliphatic heterocycles. The molecule has 7 nitrogen and oxygen atoms in total. The number of sulfone groups is 2. The molecule has 0 rings (SSSR count). The summed E-state index contributed by atoms with van der Waals surface area (Å²) < 4.78 is 44.4. The number of Topliss-reactive ketones (excluding diaryl/α,β-unsaturated/α-hetero) is 1. The minimum absolute atomic E-state index is 0.425. The maximum atomic E-state index is 11.6. The van der Waals surface area contributed by atoms with Gasteiger partial charge in [0.25, 0.3) is 0 Å². The van der Waals surface area contributed by atoms with Crippen molar-refractivity contribution >= 4 is 31.4 Å². The van der Waals surface area contributed by atoms with Crippen LogP contribution in [0.3, 0.4) is 0 Å². The van der Waals surface area contributed by atoms with Crippen molar-refractivity contribution in [2.24, 2.45) is 5.41 Å². The van der Waals surface area contributed by atoms with Crippen molar-refractivity contribution in [1.82, 2.24) is 0 Å². The highest BCUT2D eigenvalue weighted by Crippen LogP contribution is 2.30. The molecule has 1 N–H and O–H groups in total. The average molecular weight is 314 g/mol. The van der Waals surface area contributed by atoms with Crippen molar-refractivity contribution in [3.8, 4) is 0 Å². The quantitative estimate of drug-likeness (QED) is 0.600. The number of rotatable bonds is 8. The van der Waals surface area contributed by atoms with Gasteiger partial charge in [0.1, 0.15) is 30.9 Å². The molecular formula is C10H18O7S2. The largest absolute Gasteiger partial charge is 0.480 e. The Morgan fingerprint density at radius 3 is 1.42 bits per heavy atom. The molecule has 0 aromatic heterocycles. The minimum atomic E-state index is -3.44. The average Bonchev–Trinajstić information content (AvgIpc) is 2.13. The number of carboxylic acids is 1. The number of hydrogen-bond donors (Lipinski definition) is 1. The van der Waals surface area contributed by atoms with Crippen molar-refractivity contribution in [1.29, 1.82) is 0 Å². The van der Waals surface area contributed by atoms with Crippen molar-refractivity contribution in [2.75, 3.05) is 24.0 Å². The van der Waals surface area contributed by atoms with Crippen LogP contribution in [0.5, 0.6) is 0 Å². The summed E-state index contributed by atoms with van der Waals surface area (Å²) in [4.78, 5) is 22.9. The van der Waals surface area contributed by atoms with Gasteiger partial charge < -0.3 is 5.11 Å². The van der Waals surface area contributed by atoms with Crippen LogP contribution < -0.4 is 0 Å². The van der Waals surface area contributed by atoms with Gasteiger partial charge in [0.2, 0.25) is 0 Å². The van der Waals surface area contributed by atoms with E-state index < -0.39 is 61.2 Å². The first-order chi connectivity index (χ1) is 8.30. The van der Waals surface area contributed by atoms with Gasteiger partial charge >= 0.3 is 5.97 Å². The third-order valence-corrected chi connectivity index (χ3v) is 4.77. The van der Waals surface area contributed by atoms with E-state index in [-0.39, 0.29) is 0 Å². The summed E-state index contributed by atoms with van der Waals surface area (Å²) in [7, 11) is -6.89. The Labute approximate surface area is 112 Å². The van der Waals surface area contributed by atoms with E-state index in [9.17, 15) is 31.5 Å². The Kier molecular flexibility index (Phi) is 5.69. The minimum Gasteiger partial charge on any atom is -0.480 e. The van der Waals surface area contributed by atoms with Gasteiger partial charge in [-0.15, -0.1) is 0 Å². The molecule has 0 spiro atoms. The molecule has 19 heavy (non-hydrogen) atoms. The Hall–Kier alpha value is -0.960. The molecule has 9 heteroatoms. The van der Waals surface area contributed by atoms with Crippen LogP contribution in [-0.4, -0.2) is 57.7 Å². The van der Waals surface area contributed by atoms with Crippen LogP contribution in [0.1, 0.15) is 19.8 Å². The van der Waals surface area contributed by atoms with Crippen molar-refractivity contribution in [2.45, 2.75) is 19.8 Å². The number of carboxylic acid groups (broad SMARTS) is 1. The van der Waals surface area contributed by atoms with E-state index in [1.807, 2.05) is 0 Å². The molecule has 0 atom stereocenters. The molecule has 112 valence electrons. The van der Waals surface area contributed by atoms with E-state index in [0.29, 0.717) is 0 Å². The van der Waals surface area contributed by atoms with E-state index in [2.05, 4.69) is 0 Å². The zero-order valence-corrected chi connectivity index (χ0v) is 12.7. The highest BCUT2D eigenvalue weighted by atomic mass is 32.2. The second-order valence-corrected chi connectivity index (χ2v) is 9.22. The third-order valence-electron chi connectivity index (χ3n) is 2.88. The SMILES string of the molecule is CC(=O)C(CCS(C)(=O)=O)(CCS(C)(=O)=O)C(=O)O. The molecule has 0 aliphatic carbocycles. The van der Waals surface area contributed by atoms with Crippen molar-refractivity contribution in [3.05, 3.63) is 0 Å². The summed E-state index contributed by atoms with van der Waals surface area (Å²) in [6.07, 6.45) is 1.00. The van der Waals surface area contributed by atoms with Gasteiger partial charge in [0.15, 0.2) is 0 Å². The topological polar surface area (TPSA) is 123 Å². The van der Waals surface area contributed by atoms with Crippen LogP contribution in [0.2, 0.25) is 0 Å². The van der Waals surface area contributed by atoms with Crippen LogP contribution >= 0.6 is 0 Å². The van der Waals surface area contributed by atoms with Crippen LogP contribution in [0.4, 0.5) is 0 Å². The smallest absolute Gasteiger partial charge is 0.317 e. The van der Waals surface area contributed by atoms with Crippen molar-refractivity contribution in [3.63, 3.8) is 0 Å². The summed E-state index contributed by atoms with van der Waals surface area (Å²) in [5, 5.41) is 9.18. The summed E-state index contributed by atoms with van der Waals surface area (Å²) in [5.74, 6) is -3.20. The van der Waals surface area contributed by atoms with Crippen LogP contribution in [-0.2, 0) is 29.3 Å². The lowest BCUT2D eigenvalue weighted by Crippen LogP contribution is -2.41. The lowest BCUT2D eigenvalue weighted by atomic mass is 9.79. The molecule has 0 radical (unpaired) electrons. The maximum Gasteiger partial charge on any atom is 0.317 e. The van der Waals surface area contributed by atoms with Gasteiger partial charge in [-0.1, -0.05) is 0 Å². The first kappa shape index (κ1) is 18.0. The van der Waals surface area contributed by atoms with E-state index >= 15 is 0 Å². The second kappa shape index (κ2) is 6.00. The summed E-state index contributed by atoms with van der Waals surface area (Å²) in [5.41, 5.74) is -1.97. The summed E-state index contributed by atoms with van der Waals surface area (Å²) >= 11 is 0. The molecule has 0 fully saturated rings. The van der Waals surface area contributed by atoms with Crippen molar-refractivity contribution < 1.29 is 31.5 Å². The highest BCUT2D eigenvalue weighted by molar-refractivity contribution is 7.90. The molecule has 0 aromatic carbocycles. The van der Waals surface area contributed by atoms with Gasteiger partial charge in [-0.25, -0.2) is 16.8 Å². The first-order valence-electron chi connectivity index (χ1n) is 5.40. The van der Waals surface area contributed by atoms with Gasteiger partial charge in [-0.3, -0.25) is 9.59 Å². The van der Waals surface area contributed by atoms with E-state index in [1.54, 1.807) is 0 Å².